The first-order chi connectivity index (χ1) is 14.0. The molecule has 1 aromatic carbocycles. The van der Waals surface area contributed by atoms with E-state index in [0.717, 1.165) is 43.9 Å². The molecular formula is C23H31N3O3. The molecule has 1 atom stereocenters. The zero-order valence-electron chi connectivity index (χ0n) is 17.9. The van der Waals surface area contributed by atoms with E-state index in [2.05, 4.69) is 36.0 Å². The minimum Gasteiger partial charge on any atom is -0.497 e. The van der Waals surface area contributed by atoms with Gasteiger partial charge in [0.2, 0.25) is 0 Å². The second-order valence-electron chi connectivity index (χ2n) is 8.52. The minimum absolute atomic E-state index is 0.0739. The second-order valence-corrected chi connectivity index (χ2v) is 8.52. The number of benzene rings is 1. The van der Waals surface area contributed by atoms with Crippen molar-refractivity contribution in [3.05, 3.63) is 46.8 Å². The Morgan fingerprint density at radius 3 is 2.62 bits per heavy atom. The molecule has 0 saturated carbocycles. The van der Waals surface area contributed by atoms with E-state index < -0.39 is 0 Å². The SMILES string of the molecule is COc1ccc2c(c1)C[C@@H](C1CCOCC1)N(C(=O)c1cc(C(C)C)nn1C)C2. The Morgan fingerprint density at radius 1 is 1.21 bits per heavy atom. The summed E-state index contributed by atoms with van der Waals surface area (Å²) < 4.78 is 12.8. The van der Waals surface area contributed by atoms with Crippen molar-refractivity contribution >= 4 is 5.91 Å². The molecule has 1 saturated heterocycles. The van der Waals surface area contributed by atoms with Crippen molar-refractivity contribution in [2.45, 2.75) is 51.6 Å². The van der Waals surface area contributed by atoms with E-state index in [0.29, 0.717) is 24.1 Å². The van der Waals surface area contributed by atoms with Gasteiger partial charge in [-0.2, -0.15) is 5.10 Å². The van der Waals surface area contributed by atoms with Crippen LogP contribution in [-0.2, 0) is 24.8 Å². The third-order valence-electron chi connectivity index (χ3n) is 6.36. The quantitative estimate of drug-likeness (QED) is 0.792. The average Bonchev–Trinajstić information content (AvgIpc) is 3.14. The number of aromatic nitrogens is 2. The third-order valence-corrected chi connectivity index (χ3v) is 6.36. The molecule has 4 rings (SSSR count). The fourth-order valence-electron chi connectivity index (χ4n) is 4.57. The van der Waals surface area contributed by atoms with Crippen LogP contribution in [0.1, 0.15) is 59.9 Å². The van der Waals surface area contributed by atoms with Crippen molar-refractivity contribution < 1.29 is 14.3 Å². The summed E-state index contributed by atoms with van der Waals surface area (Å²) in [5.74, 6) is 1.70. The van der Waals surface area contributed by atoms with E-state index in [9.17, 15) is 4.79 Å². The Bertz CT molecular complexity index is 883. The van der Waals surface area contributed by atoms with Crippen LogP contribution in [0.15, 0.2) is 24.3 Å². The first kappa shape index (κ1) is 20.0. The number of fused-ring (bicyclic) bond motifs is 1. The molecule has 3 heterocycles. The molecular weight excluding hydrogens is 366 g/mol. The lowest BCUT2D eigenvalue weighted by molar-refractivity contribution is 0.0175. The lowest BCUT2D eigenvalue weighted by Gasteiger charge is -2.42. The Kier molecular flexibility index (Phi) is 5.63. The third kappa shape index (κ3) is 3.90. The van der Waals surface area contributed by atoms with Gasteiger partial charge in [0.05, 0.1) is 12.8 Å². The van der Waals surface area contributed by atoms with Gasteiger partial charge in [0.25, 0.3) is 5.91 Å². The molecule has 6 heteroatoms. The van der Waals surface area contributed by atoms with Gasteiger partial charge in [-0.25, -0.2) is 0 Å². The maximum Gasteiger partial charge on any atom is 0.272 e. The molecule has 1 amide bonds. The van der Waals surface area contributed by atoms with E-state index in [1.54, 1.807) is 11.8 Å². The second kappa shape index (κ2) is 8.19. The largest absolute Gasteiger partial charge is 0.497 e. The van der Waals surface area contributed by atoms with Gasteiger partial charge in [-0.3, -0.25) is 9.48 Å². The number of nitrogens with zero attached hydrogens (tertiary/aromatic N) is 3. The van der Waals surface area contributed by atoms with Crippen LogP contribution < -0.4 is 4.74 Å². The Balaban J connectivity index is 1.69. The highest BCUT2D eigenvalue weighted by Crippen LogP contribution is 2.34. The highest BCUT2D eigenvalue weighted by Gasteiger charge is 2.37. The molecule has 0 spiro atoms. The first-order valence-electron chi connectivity index (χ1n) is 10.6. The van der Waals surface area contributed by atoms with Gasteiger partial charge in [-0.1, -0.05) is 19.9 Å². The highest BCUT2D eigenvalue weighted by molar-refractivity contribution is 5.93. The van der Waals surface area contributed by atoms with Crippen LogP contribution in [0, 0.1) is 5.92 Å². The van der Waals surface area contributed by atoms with Crippen molar-refractivity contribution in [1.82, 2.24) is 14.7 Å². The van der Waals surface area contributed by atoms with Crippen LogP contribution in [0.2, 0.25) is 0 Å². The van der Waals surface area contributed by atoms with E-state index >= 15 is 0 Å². The zero-order chi connectivity index (χ0) is 20.5. The molecule has 6 nitrogen and oxygen atoms in total. The number of ether oxygens (including phenoxy) is 2. The summed E-state index contributed by atoms with van der Waals surface area (Å²) in [7, 11) is 3.57. The summed E-state index contributed by atoms with van der Waals surface area (Å²) in [6.45, 7) is 6.38. The van der Waals surface area contributed by atoms with Gasteiger partial charge in [0.1, 0.15) is 11.4 Å². The zero-order valence-corrected chi connectivity index (χ0v) is 17.9. The van der Waals surface area contributed by atoms with Crippen LogP contribution >= 0.6 is 0 Å². The molecule has 2 aromatic rings. The van der Waals surface area contributed by atoms with E-state index in [1.165, 1.54) is 11.1 Å². The lowest BCUT2D eigenvalue weighted by atomic mass is 9.82. The monoisotopic (exact) mass is 397 g/mol. The summed E-state index contributed by atoms with van der Waals surface area (Å²) in [6.07, 6.45) is 2.85. The number of carbonyl (C=O) groups excluding carboxylic acids is 1. The number of amides is 1. The molecule has 0 radical (unpaired) electrons. The van der Waals surface area contributed by atoms with Gasteiger partial charge in [-0.05, 0) is 60.4 Å². The summed E-state index contributed by atoms with van der Waals surface area (Å²) in [4.78, 5) is 15.7. The molecule has 0 N–H and O–H groups in total. The maximum atomic E-state index is 13.7. The van der Waals surface area contributed by atoms with E-state index in [1.807, 2.05) is 19.2 Å². The number of hydrogen-bond donors (Lipinski definition) is 0. The lowest BCUT2D eigenvalue weighted by Crippen LogP contribution is -2.49. The van der Waals surface area contributed by atoms with Crippen LogP contribution in [0.25, 0.3) is 0 Å². The number of carbonyl (C=O) groups is 1. The predicted molar refractivity (Wildman–Crippen MR) is 111 cm³/mol. The van der Waals surface area contributed by atoms with Crippen molar-refractivity contribution in [1.29, 1.82) is 0 Å². The van der Waals surface area contributed by atoms with Crippen molar-refractivity contribution in [2.75, 3.05) is 20.3 Å². The topological polar surface area (TPSA) is 56.6 Å². The molecule has 0 unspecified atom stereocenters. The van der Waals surface area contributed by atoms with Gasteiger partial charge >= 0.3 is 0 Å². The smallest absolute Gasteiger partial charge is 0.272 e. The molecule has 1 aromatic heterocycles. The highest BCUT2D eigenvalue weighted by atomic mass is 16.5. The molecule has 156 valence electrons. The van der Waals surface area contributed by atoms with E-state index in [4.69, 9.17) is 9.47 Å². The molecule has 2 aliphatic rings. The van der Waals surface area contributed by atoms with Crippen LogP contribution in [0.5, 0.6) is 5.75 Å². The molecule has 29 heavy (non-hydrogen) atoms. The van der Waals surface area contributed by atoms with Crippen molar-refractivity contribution in [3.8, 4) is 5.75 Å². The van der Waals surface area contributed by atoms with Gasteiger partial charge in [0, 0.05) is 32.8 Å². The summed E-state index contributed by atoms with van der Waals surface area (Å²) in [5.41, 5.74) is 4.12. The summed E-state index contributed by atoms with van der Waals surface area (Å²) in [6, 6.07) is 8.33. The number of rotatable bonds is 4. The Morgan fingerprint density at radius 2 is 1.97 bits per heavy atom. The minimum atomic E-state index is 0.0739. The number of methoxy groups -OCH3 is 1. The van der Waals surface area contributed by atoms with Gasteiger partial charge in [-0.15, -0.1) is 0 Å². The van der Waals surface area contributed by atoms with E-state index in [-0.39, 0.29) is 11.9 Å². The molecule has 0 bridgehead atoms. The van der Waals surface area contributed by atoms with Crippen molar-refractivity contribution in [2.24, 2.45) is 13.0 Å². The standard InChI is InChI=1S/C23H31N3O3/c1-15(2)20-13-22(25(3)24-20)23(27)26-14-17-5-6-19(28-4)11-18(17)12-21(26)16-7-9-29-10-8-16/h5-6,11,13,15-16,21H,7-10,12,14H2,1-4H3/t21-/m0/s1. The first-order valence-corrected chi connectivity index (χ1v) is 10.6. The normalized spacial score (nSPS) is 20.0. The number of hydrogen-bond acceptors (Lipinski definition) is 4. The van der Waals surface area contributed by atoms with Crippen molar-refractivity contribution in [3.63, 3.8) is 0 Å². The van der Waals surface area contributed by atoms with Crippen LogP contribution in [0.3, 0.4) is 0 Å². The molecule has 2 aliphatic heterocycles. The maximum absolute atomic E-state index is 13.7. The van der Waals surface area contributed by atoms with Crippen LogP contribution in [0.4, 0.5) is 0 Å². The van der Waals surface area contributed by atoms with Crippen LogP contribution in [-0.4, -0.2) is 47.0 Å². The Labute approximate surface area is 172 Å². The molecule has 1 fully saturated rings. The van der Waals surface area contributed by atoms with Gasteiger partial charge in [0.15, 0.2) is 0 Å². The fraction of sp³-hybridized carbons (Fsp3) is 0.565. The fourth-order valence-corrected chi connectivity index (χ4v) is 4.57. The van der Waals surface area contributed by atoms with Gasteiger partial charge < -0.3 is 14.4 Å². The molecule has 0 aliphatic carbocycles. The summed E-state index contributed by atoms with van der Waals surface area (Å²) >= 11 is 0. The Hall–Kier alpha value is -2.34. The summed E-state index contributed by atoms with van der Waals surface area (Å²) in [5, 5.41) is 4.56. The predicted octanol–water partition coefficient (Wildman–Crippen LogP) is 3.55. The number of aryl methyl sites for hydroxylation is 1. The average molecular weight is 398 g/mol.